The van der Waals surface area contributed by atoms with Crippen molar-refractivity contribution in [2.24, 2.45) is 13.0 Å². The van der Waals surface area contributed by atoms with Crippen LogP contribution in [-0.2, 0) is 11.8 Å². The zero-order chi connectivity index (χ0) is 23.8. The van der Waals surface area contributed by atoms with Crippen LogP contribution in [0.2, 0.25) is 0 Å². The van der Waals surface area contributed by atoms with Gasteiger partial charge in [-0.05, 0) is 18.9 Å². The number of nitrogens with zero attached hydrogens (tertiary/aromatic N) is 8. The van der Waals surface area contributed by atoms with Gasteiger partial charge in [0.2, 0.25) is 5.95 Å². The number of aliphatic hydroxyl groups excluding tert-OH is 1. The molecule has 0 aromatic carbocycles. The molecule has 0 amide bonds. The van der Waals surface area contributed by atoms with E-state index < -0.39 is 6.10 Å². The van der Waals surface area contributed by atoms with Gasteiger partial charge in [0, 0.05) is 87.2 Å². The van der Waals surface area contributed by atoms with Crippen molar-refractivity contribution in [1.82, 2.24) is 29.4 Å². The Morgan fingerprint density at radius 3 is 2.46 bits per heavy atom. The van der Waals surface area contributed by atoms with Gasteiger partial charge in [0.25, 0.3) is 0 Å². The number of aliphatic hydroxyl groups is 1. The zero-order valence-electron chi connectivity index (χ0n) is 19.9. The van der Waals surface area contributed by atoms with Crippen LogP contribution in [0.4, 0.5) is 11.6 Å². The molecule has 10 nitrogen and oxygen atoms in total. The van der Waals surface area contributed by atoms with Gasteiger partial charge in [0.1, 0.15) is 0 Å². The molecule has 2 fully saturated rings. The van der Waals surface area contributed by atoms with Crippen LogP contribution in [-0.4, -0.2) is 73.9 Å². The lowest BCUT2D eigenvalue weighted by molar-refractivity contribution is -0.0102. The number of hydrogen-bond donors (Lipinski definition) is 1. The third-order valence-corrected chi connectivity index (χ3v) is 7.08. The van der Waals surface area contributed by atoms with E-state index in [9.17, 15) is 5.11 Å². The van der Waals surface area contributed by atoms with Crippen molar-refractivity contribution in [3.8, 4) is 11.1 Å². The van der Waals surface area contributed by atoms with Crippen LogP contribution >= 0.6 is 0 Å². The fourth-order valence-electron chi connectivity index (χ4n) is 5.04. The molecular formula is C25H30N8O2. The zero-order valence-corrected chi connectivity index (χ0v) is 19.9. The van der Waals surface area contributed by atoms with Crippen LogP contribution in [0.15, 0.2) is 49.3 Å². The van der Waals surface area contributed by atoms with Crippen molar-refractivity contribution in [2.75, 3.05) is 49.2 Å². The van der Waals surface area contributed by atoms with E-state index in [0.717, 1.165) is 73.5 Å². The Morgan fingerprint density at radius 1 is 0.943 bits per heavy atom. The highest BCUT2D eigenvalue weighted by Gasteiger charge is 2.25. The van der Waals surface area contributed by atoms with Gasteiger partial charge in [-0.25, -0.2) is 14.5 Å². The molecule has 6 heterocycles. The number of pyridine rings is 1. The summed E-state index contributed by atoms with van der Waals surface area (Å²) in [5.74, 6) is 0.828. The lowest BCUT2D eigenvalue weighted by Crippen LogP contribution is -2.47. The topological polar surface area (TPSA) is 96.8 Å². The summed E-state index contributed by atoms with van der Waals surface area (Å²) in [5.41, 5.74) is 5.15. The minimum Gasteiger partial charge on any atom is -0.388 e. The van der Waals surface area contributed by atoms with Gasteiger partial charge in [-0.2, -0.15) is 10.2 Å². The number of rotatable bonds is 5. The number of fused-ring (bicyclic) bond motifs is 1. The normalized spacial score (nSPS) is 19.9. The van der Waals surface area contributed by atoms with E-state index in [1.165, 1.54) is 0 Å². The average molecular weight is 475 g/mol. The molecule has 10 heteroatoms. The van der Waals surface area contributed by atoms with Gasteiger partial charge < -0.3 is 19.6 Å². The third-order valence-electron chi connectivity index (χ3n) is 7.08. The maximum absolute atomic E-state index is 10.7. The number of anilines is 2. The van der Waals surface area contributed by atoms with Crippen molar-refractivity contribution in [3.05, 3.63) is 54.9 Å². The number of piperazine rings is 1. The van der Waals surface area contributed by atoms with Crippen LogP contribution < -0.4 is 9.80 Å². The number of hydrogen-bond acceptors (Lipinski definition) is 8. The van der Waals surface area contributed by atoms with Crippen LogP contribution in [0.5, 0.6) is 0 Å². The van der Waals surface area contributed by atoms with E-state index in [4.69, 9.17) is 4.74 Å². The predicted molar refractivity (Wildman–Crippen MR) is 132 cm³/mol. The minimum absolute atomic E-state index is 0.119. The molecule has 0 saturated carbocycles. The van der Waals surface area contributed by atoms with E-state index in [1.807, 2.05) is 30.2 Å². The molecule has 2 aliphatic rings. The molecule has 182 valence electrons. The first kappa shape index (κ1) is 22.0. The first-order chi connectivity index (χ1) is 17.2. The van der Waals surface area contributed by atoms with E-state index in [-0.39, 0.29) is 5.92 Å². The lowest BCUT2D eigenvalue weighted by Gasteiger charge is -2.35. The van der Waals surface area contributed by atoms with Crippen molar-refractivity contribution in [3.63, 3.8) is 0 Å². The quantitative estimate of drug-likeness (QED) is 0.471. The first-order valence-corrected chi connectivity index (χ1v) is 12.2. The fourth-order valence-corrected chi connectivity index (χ4v) is 5.04. The average Bonchev–Trinajstić information content (AvgIpc) is 3.55. The molecule has 2 atom stereocenters. The van der Waals surface area contributed by atoms with Crippen LogP contribution in [0.25, 0.3) is 16.6 Å². The second-order valence-corrected chi connectivity index (χ2v) is 9.39. The van der Waals surface area contributed by atoms with Gasteiger partial charge in [-0.1, -0.05) is 6.07 Å². The Hall–Kier alpha value is -3.50. The minimum atomic E-state index is -0.574. The van der Waals surface area contributed by atoms with Gasteiger partial charge in [0.15, 0.2) is 0 Å². The van der Waals surface area contributed by atoms with Gasteiger partial charge in [-0.3, -0.25) is 4.68 Å². The van der Waals surface area contributed by atoms with E-state index in [1.54, 1.807) is 17.1 Å². The molecule has 1 N–H and O–H groups in total. The summed E-state index contributed by atoms with van der Waals surface area (Å²) in [7, 11) is 1.92. The lowest BCUT2D eigenvalue weighted by atomic mass is 9.92. The smallest absolute Gasteiger partial charge is 0.225 e. The monoisotopic (exact) mass is 474 g/mol. The van der Waals surface area contributed by atoms with Crippen LogP contribution in [0.3, 0.4) is 0 Å². The summed E-state index contributed by atoms with van der Waals surface area (Å²) in [6, 6.07) is 4.25. The number of aromatic nitrogens is 6. The summed E-state index contributed by atoms with van der Waals surface area (Å²) in [6.07, 6.45) is 12.8. The predicted octanol–water partition coefficient (Wildman–Crippen LogP) is 2.31. The van der Waals surface area contributed by atoms with Crippen molar-refractivity contribution >= 4 is 17.2 Å². The highest BCUT2D eigenvalue weighted by molar-refractivity contribution is 5.75. The molecule has 0 radical (unpaired) electrons. The van der Waals surface area contributed by atoms with Crippen molar-refractivity contribution in [2.45, 2.75) is 18.9 Å². The molecular weight excluding hydrogens is 444 g/mol. The first-order valence-electron chi connectivity index (χ1n) is 12.2. The Morgan fingerprint density at radius 2 is 1.74 bits per heavy atom. The molecule has 0 aliphatic carbocycles. The third kappa shape index (κ3) is 4.35. The molecule has 6 rings (SSSR count). The second kappa shape index (κ2) is 9.27. The summed E-state index contributed by atoms with van der Waals surface area (Å²) in [6.45, 7) is 4.75. The maximum atomic E-state index is 10.7. The van der Waals surface area contributed by atoms with E-state index in [0.29, 0.717) is 12.6 Å². The van der Waals surface area contributed by atoms with Crippen molar-refractivity contribution < 1.29 is 9.84 Å². The Balaban J connectivity index is 1.11. The Kier molecular flexibility index (Phi) is 5.83. The van der Waals surface area contributed by atoms with Crippen LogP contribution in [0.1, 0.15) is 24.5 Å². The highest BCUT2D eigenvalue weighted by Crippen LogP contribution is 2.29. The molecule has 4 aromatic rings. The molecule has 2 saturated heterocycles. The molecule has 4 aromatic heterocycles. The second-order valence-electron chi connectivity index (χ2n) is 9.39. The largest absolute Gasteiger partial charge is 0.388 e. The SMILES string of the molecule is Cn1cc(-c2ccc3c(N4CCN(c5ncc(C(O)[C@@H]6CCCOC6)cn5)CC4)cnn3c2)cn1. The molecule has 1 unspecified atom stereocenters. The summed E-state index contributed by atoms with van der Waals surface area (Å²) in [4.78, 5) is 13.7. The van der Waals surface area contributed by atoms with Gasteiger partial charge in [-0.15, -0.1) is 0 Å². The van der Waals surface area contributed by atoms with E-state index in [2.05, 4.69) is 48.3 Å². The number of ether oxygens (including phenoxy) is 1. The van der Waals surface area contributed by atoms with Crippen molar-refractivity contribution in [1.29, 1.82) is 0 Å². The summed E-state index contributed by atoms with van der Waals surface area (Å²) >= 11 is 0. The maximum Gasteiger partial charge on any atom is 0.225 e. The van der Waals surface area contributed by atoms with Gasteiger partial charge >= 0.3 is 0 Å². The number of aryl methyl sites for hydroxylation is 1. The van der Waals surface area contributed by atoms with Gasteiger partial charge in [0.05, 0.1) is 36.3 Å². The van der Waals surface area contributed by atoms with E-state index >= 15 is 0 Å². The molecule has 0 spiro atoms. The summed E-state index contributed by atoms with van der Waals surface area (Å²) < 4.78 is 9.26. The molecule has 2 aliphatic heterocycles. The van der Waals surface area contributed by atoms with Crippen LogP contribution in [0, 0.1) is 5.92 Å². The highest BCUT2D eigenvalue weighted by atomic mass is 16.5. The Labute approximate surface area is 203 Å². The Bertz CT molecular complexity index is 1290. The standard InChI is InChI=1S/C25H30N8O2/c1-30-15-21(13-28-30)18-4-5-22-23(14-29-33(22)16-18)31-6-8-32(9-7-31)25-26-11-20(12-27-25)24(34)19-3-2-10-35-17-19/h4-5,11-16,19,24,34H,2-3,6-10,17H2,1H3/t19-,24?/m1/s1. The molecule has 0 bridgehead atoms. The fraction of sp³-hybridized carbons (Fsp3) is 0.440. The molecule has 35 heavy (non-hydrogen) atoms. The summed E-state index contributed by atoms with van der Waals surface area (Å²) in [5, 5.41) is 19.5.